The summed E-state index contributed by atoms with van der Waals surface area (Å²) < 4.78 is 0. The molecule has 2 heterocycles. The summed E-state index contributed by atoms with van der Waals surface area (Å²) >= 11 is 13.8. The van der Waals surface area contributed by atoms with Crippen LogP contribution in [-0.2, 0) is 0 Å². The summed E-state index contributed by atoms with van der Waals surface area (Å²) in [7, 11) is 0. The van der Waals surface area contributed by atoms with Crippen molar-refractivity contribution in [2.45, 2.75) is 10.5 Å². The molecule has 4 N–H and O–H groups in total. The number of amides is 2. The van der Waals surface area contributed by atoms with Crippen molar-refractivity contribution in [3.63, 3.8) is 0 Å². The molecule has 2 aliphatic heterocycles. The van der Waals surface area contributed by atoms with Crippen molar-refractivity contribution in [3.05, 3.63) is 141 Å². The molecule has 220 valence electrons. The molecule has 10 heteroatoms. The molecule has 1 spiro atoms. The van der Waals surface area contributed by atoms with Crippen LogP contribution in [0.15, 0.2) is 119 Å². The molecular formula is C34H26Cl2N4O3S. The number of aliphatic imine (C=N–C) groups is 2. The van der Waals surface area contributed by atoms with Gasteiger partial charge >= 0.3 is 6.03 Å². The van der Waals surface area contributed by atoms with Gasteiger partial charge in [-0.2, -0.15) is 9.98 Å². The third-order valence-electron chi connectivity index (χ3n) is 8.24. The van der Waals surface area contributed by atoms with Crippen LogP contribution in [0.5, 0.6) is 0 Å². The van der Waals surface area contributed by atoms with E-state index in [1.807, 2.05) is 60.7 Å². The lowest BCUT2D eigenvalue weighted by Gasteiger charge is -2.54. The van der Waals surface area contributed by atoms with Crippen molar-refractivity contribution in [3.8, 4) is 0 Å². The number of nitrogens with zero attached hydrogens (tertiary/aromatic N) is 2. The van der Waals surface area contributed by atoms with Gasteiger partial charge in [0.1, 0.15) is 17.1 Å². The zero-order valence-corrected chi connectivity index (χ0v) is 25.5. The molecule has 1 saturated heterocycles. The van der Waals surface area contributed by atoms with Gasteiger partial charge in [0, 0.05) is 31.7 Å². The molecule has 7 nitrogen and oxygen atoms in total. The highest BCUT2D eigenvalue weighted by atomic mass is 35.5. The predicted molar refractivity (Wildman–Crippen MR) is 176 cm³/mol. The number of amidine groups is 2. The standard InChI is InChI=1S/C34H26Cl2N4O3S/c35-23-15-11-19(12-16-23)27(41)25-29(21-7-3-1-4-8-21)44-30(22-9-5-2-6-10-22)26(28(42)20-13-17-24(36)18-14-20)34(25)31(37)39-33(43)40-32(34)38/h1-18,25-26,29-30H,(H4,37,38,39,40,43). The molecule has 2 amide bonds. The lowest BCUT2D eigenvalue weighted by molar-refractivity contribution is 0.0718. The van der Waals surface area contributed by atoms with Crippen molar-refractivity contribution in [1.82, 2.24) is 0 Å². The topological polar surface area (TPSA) is 128 Å². The Morgan fingerprint density at radius 3 is 1.34 bits per heavy atom. The van der Waals surface area contributed by atoms with Crippen molar-refractivity contribution in [2.75, 3.05) is 0 Å². The molecule has 4 aromatic carbocycles. The number of carbonyl (C=O) groups excluding carboxylic acids is 3. The Morgan fingerprint density at radius 2 is 0.977 bits per heavy atom. The molecule has 0 aliphatic carbocycles. The number of hydrogen-bond donors (Lipinski definition) is 2. The van der Waals surface area contributed by atoms with Gasteiger partial charge in [-0.1, -0.05) is 83.9 Å². The summed E-state index contributed by atoms with van der Waals surface area (Å²) in [5.74, 6) is -3.30. The van der Waals surface area contributed by atoms with Crippen LogP contribution in [0, 0.1) is 17.3 Å². The van der Waals surface area contributed by atoms with Crippen LogP contribution in [0.3, 0.4) is 0 Å². The zero-order chi connectivity index (χ0) is 31.0. The van der Waals surface area contributed by atoms with Gasteiger partial charge in [-0.05, 0) is 59.7 Å². The normalized spacial score (nSPS) is 22.6. The Labute approximate surface area is 268 Å². The van der Waals surface area contributed by atoms with Crippen LogP contribution >= 0.6 is 35.0 Å². The van der Waals surface area contributed by atoms with Gasteiger partial charge in [0.25, 0.3) is 0 Å². The Hall–Kier alpha value is -4.24. The van der Waals surface area contributed by atoms with E-state index in [4.69, 9.17) is 34.7 Å². The number of hydrogen-bond acceptors (Lipinski definition) is 6. The average molecular weight is 642 g/mol. The summed E-state index contributed by atoms with van der Waals surface area (Å²) in [6, 6.07) is 31.1. The summed E-state index contributed by atoms with van der Waals surface area (Å²) in [5, 5.41) is -0.234. The maximum absolute atomic E-state index is 14.8. The molecule has 4 unspecified atom stereocenters. The number of ketones is 2. The highest BCUT2D eigenvalue weighted by Crippen LogP contribution is 2.64. The lowest BCUT2D eigenvalue weighted by Crippen LogP contribution is -2.65. The van der Waals surface area contributed by atoms with E-state index in [0.29, 0.717) is 21.2 Å². The van der Waals surface area contributed by atoms with Gasteiger partial charge in [-0.25, -0.2) is 4.79 Å². The Kier molecular flexibility index (Phi) is 8.16. The van der Waals surface area contributed by atoms with E-state index in [2.05, 4.69) is 9.98 Å². The largest absolute Gasteiger partial charge is 0.386 e. The van der Waals surface area contributed by atoms with Crippen molar-refractivity contribution < 1.29 is 14.4 Å². The van der Waals surface area contributed by atoms with E-state index in [-0.39, 0.29) is 23.2 Å². The summed E-state index contributed by atoms with van der Waals surface area (Å²) in [6.45, 7) is 0. The van der Waals surface area contributed by atoms with Crippen LogP contribution in [0.4, 0.5) is 4.79 Å². The number of urea groups is 1. The number of Topliss-reactive ketones (excluding diaryl/α,β-unsaturated/α-hetero) is 2. The van der Waals surface area contributed by atoms with Gasteiger partial charge in [0.2, 0.25) is 0 Å². The maximum atomic E-state index is 14.8. The van der Waals surface area contributed by atoms with E-state index in [0.717, 1.165) is 11.1 Å². The van der Waals surface area contributed by atoms with Crippen LogP contribution in [0.25, 0.3) is 0 Å². The second-order valence-corrected chi connectivity index (χ2v) is 12.8. The molecule has 4 aromatic rings. The summed E-state index contributed by atoms with van der Waals surface area (Å²) in [5.41, 5.74) is 14.1. The number of nitrogens with two attached hydrogens (primary N) is 2. The van der Waals surface area contributed by atoms with Gasteiger partial charge in [-0.15, -0.1) is 11.8 Å². The molecule has 4 atom stereocenters. The van der Waals surface area contributed by atoms with E-state index < -0.39 is 33.8 Å². The molecule has 6 rings (SSSR count). The van der Waals surface area contributed by atoms with Crippen LogP contribution in [-0.4, -0.2) is 29.3 Å². The monoisotopic (exact) mass is 640 g/mol. The van der Waals surface area contributed by atoms with Crippen molar-refractivity contribution in [2.24, 2.45) is 38.7 Å². The third kappa shape index (κ3) is 5.13. The molecular weight excluding hydrogens is 615 g/mol. The first-order chi connectivity index (χ1) is 21.2. The molecule has 0 aromatic heterocycles. The molecule has 0 saturated carbocycles. The number of thioether (sulfide) groups is 1. The van der Waals surface area contributed by atoms with Crippen molar-refractivity contribution in [1.29, 1.82) is 0 Å². The molecule has 1 fully saturated rings. The van der Waals surface area contributed by atoms with Crippen LogP contribution in [0.1, 0.15) is 42.3 Å². The van der Waals surface area contributed by atoms with Gasteiger partial charge in [0.15, 0.2) is 11.6 Å². The first-order valence-corrected chi connectivity index (χ1v) is 15.5. The fraction of sp³-hybridized carbons (Fsp3) is 0.147. The molecule has 2 aliphatic rings. The first-order valence-electron chi connectivity index (χ1n) is 13.8. The summed E-state index contributed by atoms with van der Waals surface area (Å²) in [6.07, 6.45) is 0. The summed E-state index contributed by atoms with van der Waals surface area (Å²) in [4.78, 5) is 50.5. The minimum Gasteiger partial charge on any atom is -0.386 e. The third-order valence-corrected chi connectivity index (χ3v) is 10.4. The SMILES string of the molecule is NC1=NC(=O)N=C(N)C12C(C(=O)c1ccc(Cl)cc1)C(c1ccccc1)SC(c1ccccc1)C2C(=O)c1ccc(Cl)cc1. The second-order valence-electron chi connectivity index (χ2n) is 10.6. The number of halogens is 2. The Morgan fingerprint density at radius 1 is 0.614 bits per heavy atom. The van der Waals surface area contributed by atoms with E-state index >= 15 is 0 Å². The molecule has 44 heavy (non-hydrogen) atoms. The van der Waals surface area contributed by atoms with Gasteiger partial charge in [-0.3, -0.25) is 9.59 Å². The number of benzene rings is 4. The fourth-order valence-electron chi connectivity index (χ4n) is 6.27. The minimum atomic E-state index is -1.77. The van der Waals surface area contributed by atoms with E-state index in [9.17, 15) is 14.4 Å². The van der Waals surface area contributed by atoms with Crippen molar-refractivity contribution >= 4 is 64.2 Å². The number of carbonyl (C=O) groups is 3. The van der Waals surface area contributed by atoms with E-state index in [1.54, 1.807) is 48.5 Å². The first kappa shape index (κ1) is 29.8. The zero-order valence-electron chi connectivity index (χ0n) is 23.1. The fourth-order valence-corrected chi connectivity index (χ4v) is 8.46. The van der Waals surface area contributed by atoms with Crippen LogP contribution in [0.2, 0.25) is 10.0 Å². The second kappa shape index (κ2) is 12.0. The Bertz CT molecular complexity index is 1670. The van der Waals surface area contributed by atoms with Gasteiger partial charge in [0.05, 0.1) is 11.8 Å². The molecule has 0 radical (unpaired) electrons. The number of rotatable bonds is 6. The van der Waals surface area contributed by atoms with Gasteiger partial charge < -0.3 is 11.5 Å². The lowest BCUT2D eigenvalue weighted by atomic mass is 9.56. The van der Waals surface area contributed by atoms with Crippen LogP contribution < -0.4 is 11.5 Å². The highest BCUT2D eigenvalue weighted by Gasteiger charge is 2.66. The predicted octanol–water partition coefficient (Wildman–Crippen LogP) is 7.36. The smallest absolute Gasteiger partial charge is 0.370 e. The minimum absolute atomic E-state index is 0.225. The maximum Gasteiger partial charge on any atom is 0.370 e. The average Bonchev–Trinajstić information content (AvgIpc) is 3.03. The molecule has 0 bridgehead atoms. The van der Waals surface area contributed by atoms with E-state index in [1.165, 1.54) is 11.8 Å². The Balaban J connectivity index is 1.69. The quantitative estimate of drug-likeness (QED) is 0.212. The highest BCUT2D eigenvalue weighted by molar-refractivity contribution is 7.99.